The third-order valence-corrected chi connectivity index (χ3v) is 4.63. The molecule has 0 radical (unpaired) electrons. The van der Waals surface area contributed by atoms with Crippen LogP contribution < -0.4 is 5.32 Å². The normalized spacial score (nSPS) is 15.5. The number of allylic oxidation sites excluding steroid dienone is 1. The molecule has 0 heterocycles. The summed E-state index contributed by atoms with van der Waals surface area (Å²) in [5.74, 6) is 0.990. The summed E-state index contributed by atoms with van der Waals surface area (Å²) in [6, 6.07) is 8.76. The van der Waals surface area contributed by atoms with Crippen LogP contribution >= 0.6 is 24.0 Å². The van der Waals surface area contributed by atoms with Crippen LogP contribution in [-0.4, -0.2) is 38.0 Å². The van der Waals surface area contributed by atoms with Crippen molar-refractivity contribution in [3.63, 3.8) is 0 Å². The van der Waals surface area contributed by atoms with E-state index in [9.17, 15) is 0 Å². The number of nitrogens with one attached hydrogen (secondary N) is 1. The molecule has 128 valence electrons. The van der Waals surface area contributed by atoms with Gasteiger partial charge in [0.1, 0.15) is 0 Å². The lowest BCUT2D eigenvalue weighted by Crippen LogP contribution is -2.42. The van der Waals surface area contributed by atoms with Crippen molar-refractivity contribution in [2.24, 2.45) is 4.99 Å². The molecule has 3 nitrogen and oxygen atoms in total. The Bertz CT molecular complexity index is 535. The van der Waals surface area contributed by atoms with Gasteiger partial charge < -0.3 is 10.2 Å². The van der Waals surface area contributed by atoms with Gasteiger partial charge in [-0.25, -0.2) is 0 Å². The Balaban J connectivity index is 0.00000264. The second kappa shape index (κ2) is 9.30. The van der Waals surface area contributed by atoms with Gasteiger partial charge in [-0.2, -0.15) is 0 Å². The Labute approximate surface area is 158 Å². The minimum absolute atomic E-state index is 0. The smallest absolute Gasteiger partial charge is 0.193 e. The van der Waals surface area contributed by atoms with Crippen LogP contribution in [-0.2, 0) is 5.41 Å². The predicted molar refractivity (Wildman–Crippen MR) is 111 cm³/mol. The summed E-state index contributed by atoms with van der Waals surface area (Å²) in [7, 11) is 3.96. The molecule has 0 amide bonds. The summed E-state index contributed by atoms with van der Waals surface area (Å²) in [5, 5.41) is 3.57. The summed E-state index contributed by atoms with van der Waals surface area (Å²) in [6.07, 6.45) is 6.67. The van der Waals surface area contributed by atoms with Gasteiger partial charge in [-0.1, -0.05) is 30.3 Å². The molecule has 4 heteroatoms. The first-order valence-electron chi connectivity index (χ1n) is 8.22. The SMILES string of the molecule is C=CCCCN(C)C(=NC)NCC1(c2ccccc2C)CC1.I. The van der Waals surface area contributed by atoms with Crippen LogP contribution in [0.25, 0.3) is 0 Å². The second-order valence-electron chi connectivity index (χ2n) is 6.35. The third kappa shape index (κ3) is 5.23. The van der Waals surface area contributed by atoms with E-state index in [0.29, 0.717) is 5.41 Å². The van der Waals surface area contributed by atoms with E-state index in [0.717, 1.165) is 31.9 Å². The van der Waals surface area contributed by atoms with Crippen LogP contribution in [0.1, 0.15) is 36.8 Å². The fraction of sp³-hybridized carbons (Fsp3) is 0.526. The van der Waals surface area contributed by atoms with Gasteiger partial charge in [-0.15, -0.1) is 30.6 Å². The van der Waals surface area contributed by atoms with E-state index in [4.69, 9.17) is 0 Å². The zero-order chi connectivity index (χ0) is 16.0. The molecule has 0 aromatic heterocycles. The van der Waals surface area contributed by atoms with Crippen LogP contribution in [0.4, 0.5) is 0 Å². The quantitative estimate of drug-likeness (QED) is 0.233. The van der Waals surface area contributed by atoms with E-state index in [2.05, 4.69) is 60.0 Å². The van der Waals surface area contributed by atoms with E-state index in [1.54, 1.807) is 0 Å². The lowest BCUT2D eigenvalue weighted by molar-refractivity contribution is 0.464. The van der Waals surface area contributed by atoms with Crippen molar-refractivity contribution in [2.45, 2.75) is 38.0 Å². The number of nitrogens with zero attached hydrogens (tertiary/aromatic N) is 2. The number of halogens is 1. The molecule has 0 unspecified atom stereocenters. The van der Waals surface area contributed by atoms with Crippen LogP contribution in [0, 0.1) is 6.92 Å². The first kappa shape index (κ1) is 20.0. The number of benzene rings is 1. The van der Waals surface area contributed by atoms with E-state index >= 15 is 0 Å². The molecule has 0 saturated heterocycles. The van der Waals surface area contributed by atoms with Gasteiger partial charge in [-0.3, -0.25) is 4.99 Å². The minimum atomic E-state index is 0. The fourth-order valence-corrected chi connectivity index (χ4v) is 3.07. The first-order chi connectivity index (χ1) is 10.6. The number of aryl methyl sites for hydroxylation is 1. The highest BCUT2D eigenvalue weighted by molar-refractivity contribution is 14.0. The molecule has 23 heavy (non-hydrogen) atoms. The molecule has 0 aliphatic heterocycles. The summed E-state index contributed by atoms with van der Waals surface area (Å²) in [6.45, 7) is 7.96. The van der Waals surface area contributed by atoms with Gasteiger partial charge in [0, 0.05) is 32.6 Å². The molecular weight excluding hydrogens is 397 g/mol. The second-order valence-corrected chi connectivity index (χ2v) is 6.35. The number of aliphatic imine (C=N–C) groups is 1. The Kier molecular flexibility index (Phi) is 8.09. The molecule has 0 spiro atoms. The minimum Gasteiger partial charge on any atom is -0.355 e. The average molecular weight is 427 g/mol. The summed E-state index contributed by atoms with van der Waals surface area (Å²) < 4.78 is 0. The molecule has 2 rings (SSSR count). The van der Waals surface area contributed by atoms with Crippen LogP contribution in [0.3, 0.4) is 0 Å². The Hall–Kier alpha value is -1.04. The average Bonchev–Trinajstić information content (AvgIpc) is 3.29. The van der Waals surface area contributed by atoms with Gasteiger partial charge >= 0.3 is 0 Å². The molecule has 1 aliphatic carbocycles. The number of guanidine groups is 1. The maximum absolute atomic E-state index is 4.42. The van der Waals surface area contributed by atoms with Crippen molar-refractivity contribution in [2.75, 3.05) is 27.2 Å². The van der Waals surface area contributed by atoms with Crippen LogP contribution in [0.5, 0.6) is 0 Å². The number of rotatable bonds is 7. The van der Waals surface area contributed by atoms with Crippen molar-refractivity contribution >= 4 is 29.9 Å². The predicted octanol–water partition coefficient (Wildman–Crippen LogP) is 4.12. The first-order valence-corrected chi connectivity index (χ1v) is 8.22. The Morgan fingerprint density at radius 1 is 1.39 bits per heavy atom. The third-order valence-electron chi connectivity index (χ3n) is 4.63. The van der Waals surface area contributed by atoms with Crippen molar-refractivity contribution < 1.29 is 0 Å². The lowest BCUT2D eigenvalue weighted by Gasteiger charge is -2.25. The van der Waals surface area contributed by atoms with Crippen molar-refractivity contribution in [1.82, 2.24) is 10.2 Å². The lowest BCUT2D eigenvalue weighted by atomic mass is 9.92. The van der Waals surface area contributed by atoms with Crippen molar-refractivity contribution in [1.29, 1.82) is 0 Å². The van der Waals surface area contributed by atoms with Crippen molar-refractivity contribution in [3.8, 4) is 0 Å². The highest BCUT2D eigenvalue weighted by atomic mass is 127. The zero-order valence-electron chi connectivity index (χ0n) is 14.6. The highest BCUT2D eigenvalue weighted by Gasteiger charge is 2.44. The largest absolute Gasteiger partial charge is 0.355 e. The van der Waals surface area contributed by atoms with Crippen LogP contribution in [0.15, 0.2) is 41.9 Å². The number of unbranched alkanes of at least 4 members (excludes halogenated alkanes) is 1. The van der Waals surface area contributed by atoms with Crippen LogP contribution in [0.2, 0.25) is 0 Å². The zero-order valence-corrected chi connectivity index (χ0v) is 17.0. The van der Waals surface area contributed by atoms with E-state index in [1.165, 1.54) is 24.0 Å². The summed E-state index contributed by atoms with van der Waals surface area (Å²) in [4.78, 5) is 6.63. The maximum atomic E-state index is 4.42. The van der Waals surface area contributed by atoms with Gasteiger partial charge in [0.15, 0.2) is 5.96 Å². The number of hydrogen-bond acceptors (Lipinski definition) is 1. The van der Waals surface area contributed by atoms with Gasteiger partial charge in [0.2, 0.25) is 0 Å². The fourth-order valence-electron chi connectivity index (χ4n) is 3.07. The molecular formula is C19H30IN3. The summed E-state index contributed by atoms with van der Waals surface area (Å²) in [5.41, 5.74) is 3.20. The van der Waals surface area contributed by atoms with Gasteiger partial charge in [-0.05, 0) is 43.7 Å². The van der Waals surface area contributed by atoms with Gasteiger partial charge in [0.05, 0.1) is 0 Å². The van der Waals surface area contributed by atoms with E-state index < -0.39 is 0 Å². The van der Waals surface area contributed by atoms with Crippen molar-refractivity contribution in [3.05, 3.63) is 48.0 Å². The standard InChI is InChI=1S/C19H29N3.HI/c1-5-6-9-14-22(4)18(20-3)21-15-19(12-13-19)17-11-8-7-10-16(17)2;/h5,7-8,10-11H,1,6,9,12-15H2,2-4H3,(H,20,21);1H. The monoisotopic (exact) mass is 427 g/mol. The van der Waals surface area contributed by atoms with Gasteiger partial charge in [0.25, 0.3) is 0 Å². The number of hydrogen-bond donors (Lipinski definition) is 1. The molecule has 0 bridgehead atoms. The van der Waals surface area contributed by atoms with E-state index in [-0.39, 0.29) is 24.0 Å². The molecule has 1 fully saturated rings. The maximum Gasteiger partial charge on any atom is 0.193 e. The molecule has 1 aromatic carbocycles. The molecule has 0 atom stereocenters. The Morgan fingerprint density at radius 2 is 2.09 bits per heavy atom. The summed E-state index contributed by atoms with van der Waals surface area (Å²) >= 11 is 0. The molecule has 1 saturated carbocycles. The Morgan fingerprint density at radius 3 is 2.65 bits per heavy atom. The molecule has 1 aliphatic rings. The highest BCUT2D eigenvalue weighted by Crippen LogP contribution is 2.48. The molecule has 1 N–H and O–H groups in total. The molecule has 1 aromatic rings. The topological polar surface area (TPSA) is 27.6 Å². The van der Waals surface area contributed by atoms with E-state index in [1.807, 2.05) is 13.1 Å².